The Labute approximate surface area is 116 Å². The van der Waals surface area contributed by atoms with Crippen molar-refractivity contribution in [2.24, 2.45) is 0 Å². The fourth-order valence-electron chi connectivity index (χ4n) is 2.69. The van der Waals surface area contributed by atoms with Gasteiger partial charge in [0.1, 0.15) is 6.23 Å². The molecule has 1 atom stereocenters. The second kappa shape index (κ2) is 5.07. The molecule has 20 heavy (non-hydrogen) atoms. The molecule has 0 bridgehead atoms. The highest BCUT2D eigenvalue weighted by atomic mass is 16.4. The highest BCUT2D eigenvalue weighted by molar-refractivity contribution is 5.90. The van der Waals surface area contributed by atoms with Crippen molar-refractivity contribution in [2.45, 2.75) is 19.3 Å². The number of carboxylic acid groups (broad SMARTS) is 1. The molecule has 1 heterocycles. The van der Waals surface area contributed by atoms with E-state index in [-0.39, 0.29) is 5.56 Å². The molecular weight excluding hydrogens is 254 g/mol. The van der Waals surface area contributed by atoms with Crippen molar-refractivity contribution >= 4 is 5.97 Å². The molecule has 2 aromatic rings. The summed E-state index contributed by atoms with van der Waals surface area (Å²) in [5, 5.41) is 19.6. The monoisotopic (exact) mass is 269 g/mol. The first kappa shape index (κ1) is 12.8. The minimum absolute atomic E-state index is 0.186. The van der Waals surface area contributed by atoms with E-state index in [1.807, 2.05) is 41.3 Å². The second-order valence-electron chi connectivity index (χ2n) is 4.95. The molecule has 0 saturated heterocycles. The first-order valence-electron chi connectivity index (χ1n) is 6.48. The third-order valence-electron chi connectivity index (χ3n) is 3.63. The molecule has 2 N–H and O–H groups in total. The van der Waals surface area contributed by atoms with Crippen LogP contribution in [0.4, 0.5) is 0 Å². The summed E-state index contributed by atoms with van der Waals surface area (Å²) in [6.45, 7) is 1.16. The molecule has 1 aliphatic rings. The van der Waals surface area contributed by atoms with E-state index < -0.39 is 12.2 Å². The number of aliphatic hydroxyl groups excluding tert-OH is 1. The Bertz CT molecular complexity index is 639. The molecular formula is C16H15NO3. The third-order valence-corrected chi connectivity index (χ3v) is 3.63. The number of aliphatic hydroxyl groups is 1. The largest absolute Gasteiger partial charge is 0.478 e. The topological polar surface area (TPSA) is 60.8 Å². The molecule has 3 rings (SSSR count). The van der Waals surface area contributed by atoms with E-state index in [4.69, 9.17) is 0 Å². The number of carboxylic acids is 1. The minimum Gasteiger partial charge on any atom is -0.478 e. The van der Waals surface area contributed by atoms with Gasteiger partial charge in [0.05, 0.1) is 5.56 Å². The van der Waals surface area contributed by atoms with E-state index in [1.54, 1.807) is 6.07 Å². The van der Waals surface area contributed by atoms with E-state index in [0.717, 1.165) is 11.1 Å². The first-order valence-corrected chi connectivity index (χ1v) is 6.48. The van der Waals surface area contributed by atoms with Crippen LogP contribution in [0.25, 0.3) is 0 Å². The molecule has 0 radical (unpaired) electrons. The zero-order valence-electron chi connectivity index (χ0n) is 10.9. The van der Waals surface area contributed by atoms with Crippen LogP contribution in [0.15, 0.2) is 48.5 Å². The van der Waals surface area contributed by atoms with Crippen molar-refractivity contribution in [3.05, 3.63) is 70.8 Å². The molecule has 102 valence electrons. The van der Waals surface area contributed by atoms with Gasteiger partial charge in [0, 0.05) is 18.7 Å². The Morgan fingerprint density at radius 1 is 1.15 bits per heavy atom. The Kier molecular flexibility index (Phi) is 3.26. The summed E-state index contributed by atoms with van der Waals surface area (Å²) in [5.41, 5.74) is 2.69. The number of hydrogen-bond donors (Lipinski definition) is 2. The van der Waals surface area contributed by atoms with Gasteiger partial charge in [0.15, 0.2) is 0 Å². The van der Waals surface area contributed by atoms with Gasteiger partial charge >= 0.3 is 5.97 Å². The molecule has 0 aliphatic carbocycles. The second-order valence-corrected chi connectivity index (χ2v) is 4.95. The van der Waals surface area contributed by atoms with Gasteiger partial charge in [-0.3, -0.25) is 4.90 Å². The van der Waals surface area contributed by atoms with Gasteiger partial charge in [0.25, 0.3) is 0 Å². The lowest BCUT2D eigenvalue weighted by Gasteiger charge is -2.20. The predicted octanol–water partition coefficient (Wildman–Crippen LogP) is 2.39. The minimum atomic E-state index is -0.998. The smallest absolute Gasteiger partial charge is 0.336 e. The normalized spacial score (nSPS) is 17.9. The lowest BCUT2D eigenvalue weighted by molar-refractivity contribution is 0.00676. The number of nitrogens with zero attached hydrogens (tertiary/aromatic N) is 1. The van der Waals surface area contributed by atoms with Crippen LogP contribution in [0.2, 0.25) is 0 Å². The predicted molar refractivity (Wildman–Crippen MR) is 74.1 cm³/mol. The summed E-state index contributed by atoms with van der Waals surface area (Å²) in [6, 6.07) is 15.0. The van der Waals surface area contributed by atoms with Crippen LogP contribution in [0.3, 0.4) is 0 Å². The van der Waals surface area contributed by atoms with Gasteiger partial charge < -0.3 is 10.2 Å². The summed E-state index contributed by atoms with van der Waals surface area (Å²) in [5.74, 6) is -0.998. The molecule has 1 unspecified atom stereocenters. The SMILES string of the molecule is O=C(O)c1cccc2c1C(O)N(Cc1ccccc1)C2. The quantitative estimate of drug-likeness (QED) is 0.898. The van der Waals surface area contributed by atoms with Crippen molar-refractivity contribution in [2.75, 3.05) is 0 Å². The van der Waals surface area contributed by atoms with Crippen LogP contribution in [-0.2, 0) is 13.1 Å². The first-order chi connectivity index (χ1) is 9.66. The summed E-state index contributed by atoms with van der Waals surface area (Å²) >= 11 is 0. The van der Waals surface area contributed by atoms with E-state index >= 15 is 0 Å². The summed E-state index contributed by atoms with van der Waals surface area (Å²) in [7, 11) is 0. The average molecular weight is 269 g/mol. The van der Waals surface area contributed by atoms with E-state index in [0.29, 0.717) is 18.7 Å². The van der Waals surface area contributed by atoms with Gasteiger partial charge in [-0.1, -0.05) is 42.5 Å². The molecule has 0 aromatic heterocycles. The fraction of sp³-hybridized carbons (Fsp3) is 0.188. The summed E-state index contributed by atoms with van der Waals surface area (Å²) < 4.78 is 0. The lowest BCUT2D eigenvalue weighted by Crippen LogP contribution is -2.22. The molecule has 0 fully saturated rings. The zero-order valence-corrected chi connectivity index (χ0v) is 10.9. The number of fused-ring (bicyclic) bond motifs is 1. The number of rotatable bonds is 3. The Morgan fingerprint density at radius 2 is 1.90 bits per heavy atom. The zero-order chi connectivity index (χ0) is 14.1. The fourth-order valence-corrected chi connectivity index (χ4v) is 2.69. The maximum atomic E-state index is 11.2. The van der Waals surface area contributed by atoms with Gasteiger partial charge in [0.2, 0.25) is 0 Å². The Balaban J connectivity index is 1.89. The van der Waals surface area contributed by atoms with Crippen molar-refractivity contribution in [3.63, 3.8) is 0 Å². The van der Waals surface area contributed by atoms with Crippen LogP contribution in [0, 0.1) is 0 Å². The highest BCUT2D eigenvalue weighted by Gasteiger charge is 2.32. The van der Waals surface area contributed by atoms with Crippen LogP contribution in [0.1, 0.15) is 33.3 Å². The maximum absolute atomic E-state index is 11.2. The molecule has 0 saturated carbocycles. The van der Waals surface area contributed by atoms with Gasteiger partial charge in [-0.2, -0.15) is 0 Å². The third kappa shape index (κ3) is 2.19. The van der Waals surface area contributed by atoms with Crippen LogP contribution >= 0.6 is 0 Å². The van der Waals surface area contributed by atoms with Crippen LogP contribution in [0.5, 0.6) is 0 Å². The molecule has 0 amide bonds. The molecule has 2 aromatic carbocycles. The van der Waals surface area contributed by atoms with E-state index in [2.05, 4.69) is 0 Å². The molecule has 4 nitrogen and oxygen atoms in total. The molecule has 4 heteroatoms. The van der Waals surface area contributed by atoms with Gasteiger partial charge in [-0.25, -0.2) is 4.79 Å². The van der Waals surface area contributed by atoms with E-state index in [9.17, 15) is 15.0 Å². The van der Waals surface area contributed by atoms with E-state index in [1.165, 1.54) is 6.07 Å². The standard InChI is InChI=1S/C16H15NO3/c18-15-14-12(7-4-8-13(14)16(19)20)10-17(15)9-11-5-2-1-3-6-11/h1-8,15,18H,9-10H2,(H,19,20). The van der Waals surface area contributed by atoms with Crippen LogP contribution < -0.4 is 0 Å². The van der Waals surface area contributed by atoms with Crippen molar-refractivity contribution in [1.29, 1.82) is 0 Å². The van der Waals surface area contributed by atoms with Gasteiger partial charge in [-0.15, -0.1) is 0 Å². The maximum Gasteiger partial charge on any atom is 0.336 e. The number of hydrogen-bond acceptors (Lipinski definition) is 3. The number of carbonyl (C=O) groups is 1. The van der Waals surface area contributed by atoms with Gasteiger partial charge in [-0.05, 0) is 17.2 Å². The molecule has 0 spiro atoms. The molecule has 1 aliphatic heterocycles. The Hall–Kier alpha value is -2.17. The van der Waals surface area contributed by atoms with Crippen molar-refractivity contribution in [3.8, 4) is 0 Å². The highest BCUT2D eigenvalue weighted by Crippen LogP contribution is 2.35. The summed E-state index contributed by atoms with van der Waals surface area (Å²) in [4.78, 5) is 13.1. The number of benzene rings is 2. The summed E-state index contributed by atoms with van der Waals surface area (Å²) in [6.07, 6.45) is -0.863. The number of aromatic carboxylic acids is 1. The van der Waals surface area contributed by atoms with Crippen molar-refractivity contribution < 1.29 is 15.0 Å². The lowest BCUT2D eigenvalue weighted by atomic mass is 10.0. The van der Waals surface area contributed by atoms with Crippen LogP contribution in [-0.4, -0.2) is 21.1 Å². The van der Waals surface area contributed by atoms with Crippen molar-refractivity contribution in [1.82, 2.24) is 4.90 Å². The average Bonchev–Trinajstić information content (AvgIpc) is 2.77. The Morgan fingerprint density at radius 3 is 2.60 bits per heavy atom.